The van der Waals surface area contributed by atoms with Gasteiger partial charge in [0.2, 0.25) is 5.43 Å². The molecule has 1 aliphatic heterocycles. The number of pyridine rings is 2. The molecule has 1 saturated heterocycles. The maximum absolute atomic E-state index is 12.9. The third kappa shape index (κ3) is 3.55. The van der Waals surface area contributed by atoms with E-state index in [0.717, 1.165) is 43.1 Å². The quantitative estimate of drug-likeness (QED) is 0.712. The molecule has 1 aromatic carbocycles. The largest absolute Gasteiger partial charge is 0.497 e. The standard InChI is InChI=1S/C21H22N4O3/c1-28-15-6-4-14(5-7-15)12-23-21(27)16-13-22-17-8-9-18(24-19(17)20(16)26)25-10-2-3-11-25/h4-9,13H,2-3,10-12H2,1H3,(H,22,26)(H,23,27). The number of hydrogen-bond donors (Lipinski definition) is 2. The predicted octanol–water partition coefficient (Wildman–Crippen LogP) is 2.46. The van der Waals surface area contributed by atoms with Gasteiger partial charge in [-0.2, -0.15) is 0 Å². The second-order valence-electron chi connectivity index (χ2n) is 6.82. The molecule has 4 rings (SSSR count). The van der Waals surface area contributed by atoms with Crippen molar-refractivity contribution in [2.45, 2.75) is 19.4 Å². The average Bonchev–Trinajstić information content (AvgIpc) is 3.27. The Labute approximate surface area is 162 Å². The van der Waals surface area contributed by atoms with Crippen molar-refractivity contribution in [3.63, 3.8) is 0 Å². The zero-order chi connectivity index (χ0) is 19.5. The second-order valence-corrected chi connectivity index (χ2v) is 6.82. The van der Waals surface area contributed by atoms with Crippen LogP contribution in [0.2, 0.25) is 0 Å². The van der Waals surface area contributed by atoms with Gasteiger partial charge in [0.1, 0.15) is 22.6 Å². The molecule has 1 aliphatic rings. The second kappa shape index (κ2) is 7.72. The molecule has 1 amide bonds. The van der Waals surface area contributed by atoms with Crippen molar-refractivity contribution in [2.24, 2.45) is 0 Å². The number of hydrogen-bond acceptors (Lipinski definition) is 5. The average molecular weight is 378 g/mol. The molecule has 1 fully saturated rings. The van der Waals surface area contributed by atoms with Crippen LogP contribution >= 0.6 is 0 Å². The third-order valence-electron chi connectivity index (χ3n) is 5.00. The number of rotatable bonds is 5. The topological polar surface area (TPSA) is 87.3 Å². The summed E-state index contributed by atoms with van der Waals surface area (Å²) in [7, 11) is 1.60. The first kappa shape index (κ1) is 18.0. The lowest BCUT2D eigenvalue weighted by Crippen LogP contribution is -2.29. The van der Waals surface area contributed by atoms with E-state index in [1.165, 1.54) is 6.20 Å². The van der Waals surface area contributed by atoms with Crippen molar-refractivity contribution >= 4 is 22.8 Å². The van der Waals surface area contributed by atoms with Crippen molar-refractivity contribution in [3.8, 4) is 5.75 Å². The molecule has 3 aromatic rings. The molecule has 0 unspecified atom stereocenters. The van der Waals surface area contributed by atoms with Gasteiger partial charge in [-0.25, -0.2) is 4.98 Å². The summed E-state index contributed by atoms with van der Waals surface area (Å²) in [4.78, 5) is 35.1. The molecular formula is C21H22N4O3. The molecule has 7 nitrogen and oxygen atoms in total. The van der Waals surface area contributed by atoms with Gasteiger partial charge in [-0.15, -0.1) is 0 Å². The van der Waals surface area contributed by atoms with Crippen LogP contribution in [-0.4, -0.2) is 36.1 Å². The van der Waals surface area contributed by atoms with Crippen molar-refractivity contribution in [3.05, 3.63) is 63.9 Å². The van der Waals surface area contributed by atoms with Crippen LogP contribution in [0.15, 0.2) is 47.4 Å². The number of nitrogens with one attached hydrogen (secondary N) is 2. The van der Waals surface area contributed by atoms with Crippen LogP contribution < -0.4 is 20.4 Å². The highest BCUT2D eigenvalue weighted by Gasteiger charge is 2.17. The third-order valence-corrected chi connectivity index (χ3v) is 5.00. The lowest BCUT2D eigenvalue weighted by atomic mass is 10.2. The van der Waals surface area contributed by atoms with Crippen LogP contribution in [0, 0.1) is 0 Å². The van der Waals surface area contributed by atoms with Crippen LogP contribution in [0.1, 0.15) is 28.8 Å². The van der Waals surface area contributed by atoms with Gasteiger partial charge >= 0.3 is 0 Å². The Morgan fingerprint density at radius 3 is 2.64 bits per heavy atom. The molecule has 0 aliphatic carbocycles. The summed E-state index contributed by atoms with van der Waals surface area (Å²) >= 11 is 0. The summed E-state index contributed by atoms with van der Waals surface area (Å²) in [5.41, 5.74) is 1.54. The van der Waals surface area contributed by atoms with E-state index < -0.39 is 5.91 Å². The molecule has 144 valence electrons. The Morgan fingerprint density at radius 1 is 1.18 bits per heavy atom. The van der Waals surface area contributed by atoms with Gasteiger partial charge in [0, 0.05) is 25.8 Å². The Morgan fingerprint density at radius 2 is 1.93 bits per heavy atom. The van der Waals surface area contributed by atoms with Crippen molar-refractivity contribution in [2.75, 3.05) is 25.1 Å². The van der Waals surface area contributed by atoms with Crippen LogP contribution in [0.4, 0.5) is 5.82 Å². The molecular weight excluding hydrogens is 356 g/mol. The van der Waals surface area contributed by atoms with E-state index in [1.807, 2.05) is 36.4 Å². The number of carbonyl (C=O) groups is 1. The molecule has 0 radical (unpaired) electrons. The molecule has 2 aromatic heterocycles. The van der Waals surface area contributed by atoms with Gasteiger partial charge in [-0.05, 0) is 42.7 Å². The van der Waals surface area contributed by atoms with Crippen LogP contribution in [-0.2, 0) is 6.54 Å². The number of fused-ring (bicyclic) bond motifs is 1. The summed E-state index contributed by atoms with van der Waals surface area (Å²) in [5.74, 6) is 1.11. The summed E-state index contributed by atoms with van der Waals surface area (Å²) in [6, 6.07) is 11.1. The number of amides is 1. The van der Waals surface area contributed by atoms with Gasteiger partial charge in [0.05, 0.1) is 12.6 Å². The van der Waals surface area contributed by atoms with E-state index in [-0.39, 0.29) is 11.0 Å². The van der Waals surface area contributed by atoms with E-state index in [0.29, 0.717) is 17.6 Å². The van der Waals surface area contributed by atoms with Crippen molar-refractivity contribution < 1.29 is 9.53 Å². The minimum absolute atomic E-state index is 0.0621. The molecule has 28 heavy (non-hydrogen) atoms. The van der Waals surface area contributed by atoms with E-state index in [4.69, 9.17) is 4.74 Å². The number of ether oxygens (including phenoxy) is 1. The number of methoxy groups -OCH3 is 1. The SMILES string of the molecule is COc1ccc(CNC(=O)c2c[nH]c3ccc(N4CCCC4)nc3c2=O)cc1. The molecule has 0 saturated carbocycles. The smallest absolute Gasteiger partial charge is 0.257 e. The molecule has 3 heterocycles. The number of anilines is 1. The molecule has 0 atom stereocenters. The summed E-state index contributed by atoms with van der Waals surface area (Å²) in [6.45, 7) is 2.21. The Bertz CT molecular complexity index is 1050. The molecule has 0 bridgehead atoms. The predicted molar refractivity (Wildman–Crippen MR) is 108 cm³/mol. The van der Waals surface area contributed by atoms with Gasteiger partial charge in [-0.1, -0.05) is 12.1 Å². The summed E-state index contributed by atoms with van der Waals surface area (Å²) in [5, 5.41) is 2.79. The maximum Gasteiger partial charge on any atom is 0.257 e. The van der Waals surface area contributed by atoms with Gasteiger partial charge in [0.15, 0.2) is 0 Å². The number of aromatic amines is 1. The number of H-pyrrole nitrogens is 1. The zero-order valence-electron chi connectivity index (χ0n) is 15.7. The molecule has 7 heteroatoms. The lowest BCUT2D eigenvalue weighted by molar-refractivity contribution is 0.0949. The molecule has 2 N–H and O–H groups in total. The number of nitrogens with zero attached hydrogens (tertiary/aromatic N) is 2. The number of benzene rings is 1. The number of aromatic nitrogens is 2. The first-order chi connectivity index (χ1) is 13.7. The van der Waals surface area contributed by atoms with Crippen molar-refractivity contribution in [1.29, 1.82) is 0 Å². The van der Waals surface area contributed by atoms with E-state index in [2.05, 4.69) is 20.2 Å². The van der Waals surface area contributed by atoms with E-state index >= 15 is 0 Å². The Hall–Kier alpha value is -3.35. The fraction of sp³-hybridized carbons (Fsp3) is 0.286. The summed E-state index contributed by atoms with van der Waals surface area (Å²) in [6.07, 6.45) is 3.71. The first-order valence-electron chi connectivity index (χ1n) is 9.34. The maximum atomic E-state index is 12.9. The first-order valence-corrected chi connectivity index (χ1v) is 9.34. The minimum atomic E-state index is -0.424. The highest BCUT2D eigenvalue weighted by Crippen LogP contribution is 2.19. The monoisotopic (exact) mass is 378 g/mol. The highest BCUT2D eigenvalue weighted by atomic mass is 16.5. The fourth-order valence-corrected chi connectivity index (χ4v) is 3.39. The minimum Gasteiger partial charge on any atom is -0.497 e. The summed E-state index contributed by atoms with van der Waals surface area (Å²) < 4.78 is 5.12. The normalized spacial score (nSPS) is 13.7. The van der Waals surface area contributed by atoms with Crippen LogP contribution in [0.25, 0.3) is 11.0 Å². The van der Waals surface area contributed by atoms with Crippen LogP contribution in [0.3, 0.4) is 0 Å². The van der Waals surface area contributed by atoms with Crippen LogP contribution in [0.5, 0.6) is 5.75 Å². The van der Waals surface area contributed by atoms with Gasteiger partial charge in [-0.3, -0.25) is 9.59 Å². The lowest BCUT2D eigenvalue weighted by Gasteiger charge is -2.16. The fourth-order valence-electron chi connectivity index (χ4n) is 3.39. The van der Waals surface area contributed by atoms with E-state index in [9.17, 15) is 9.59 Å². The number of carbonyl (C=O) groups excluding carboxylic acids is 1. The van der Waals surface area contributed by atoms with Gasteiger partial charge in [0.25, 0.3) is 5.91 Å². The Kier molecular flexibility index (Phi) is 4.97. The van der Waals surface area contributed by atoms with Crippen molar-refractivity contribution in [1.82, 2.24) is 15.3 Å². The van der Waals surface area contributed by atoms with Gasteiger partial charge < -0.3 is 19.9 Å². The zero-order valence-corrected chi connectivity index (χ0v) is 15.7. The Balaban J connectivity index is 1.55. The molecule has 0 spiro atoms. The van der Waals surface area contributed by atoms with E-state index in [1.54, 1.807) is 7.11 Å². The highest BCUT2D eigenvalue weighted by molar-refractivity contribution is 5.96.